The zero-order chi connectivity index (χ0) is 13.3. The Hall–Kier alpha value is -0.0800. The minimum absolute atomic E-state index is 0.457. The summed E-state index contributed by atoms with van der Waals surface area (Å²) in [7, 11) is 0. The summed E-state index contributed by atoms with van der Waals surface area (Å²) in [5.74, 6) is 1.73. The molecule has 2 rings (SSSR count). The second kappa shape index (κ2) is 5.50. The Morgan fingerprint density at radius 3 is 2.44 bits per heavy atom. The minimum atomic E-state index is 0.457. The molecule has 2 nitrogen and oxygen atoms in total. The molecular weight excluding hydrogens is 220 g/mol. The molecule has 1 aliphatic heterocycles. The zero-order valence-electron chi connectivity index (χ0n) is 13.0. The van der Waals surface area contributed by atoms with Gasteiger partial charge in [0.05, 0.1) is 0 Å². The molecule has 1 aliphatic carbocycles. The summed E-state index contributed by atoms with van der Waals surface area (Å²) in [6.07, 6.45) is 4.18. The van der Waals surface area contributed by atoms with E-state index in [2.05, 4.69) is 44.8 Å². The van der Waals surface area contributed by atoms with E-state index in [0.717, 1.165) is 23.9 Å². The molecule has 0 aromatic heterocycles. The third-order valence-electron chi connectivity index (χ3n) is 5.04. The topological polar surface area (TPSA) is 15.3 Å². The second-order valence-electron chi connectivity index (χ2n) is 7.61. The Kier molecular flexibility index (Phi) is 4.38. The third-order valence-corrected chi connectivity index (χ3v) is 5.04. The highest BCUT2D eigenvalue weighted by atomic mass is 15.2. The molecule has 2 heteroatoms. The van der Waals surface area contributed by atoms with Crippen molar-refractivity contribution >= 4 is 0 Å². The SMILES string of the molecule is CCC(C)(C)CN1CC(C2CC2)NCC1C(C)C. The van der Waals surface area contributed by atoms with E-state index in [1.807, 2.05) is 0 Å². The van der Waals surface area contributed by atoms with Crippen LogP contribution in [0.1, 0.15) is 53.9 Å². The Morgan fingerprint density at radius 2 is 1.94 bits per heavy atom. The molecule has 106 valence electrons. The van der Waals surface area contributed by atoms with Crippen LogP contribution >= 0.6 is 0 Å². The molecule has 1 saturated carbocycles. The molecule has 0 amide bonds. The van der Waals surface area contributed by atoms with Gasteiger partial charge in [-0.2, -0.15) is 0 Å². The highest BCUT2D eigenvalue weighted by Gasteiger charge is 2.39. The molecule has 1 heterocycles. The lowest BCUT2D eigenvalue weighted by atomic mass is 9.87. The molecule has 0 bridgehead atoms. The number of hydrogen-bond donors (Lipinski definition) is 1. The minimum Gasteiger partial charge on any atom is -0.311 e. The van der Waals surface area contributed by atoms with E-state index in [-0.39, 0.29) is 0 Å². The molecule has 2 aliphatic rings. The Balaban J connectivity index is 1.99. The molecule has 2 fully saturated rings. The van der Waals surface area contributed by atoms with Crippen molar-refractivity contribution in [2.24, 2.45) is 17.3 Å². The van der Waals surface area contributed by atoms with Crippen LogP contribution in [0.3, 0.4) is 0 Å². The monoisotopic (exact) mass is 252 g/mol. The van der Waals surface area contributed by atoms with E-state index in [0.29, 0.717) is 5.41 Å². The van der Waals surface area contributed by atoms with Crippen LogP contribution in [-0.2, 0) is 0 Å². The van der Waals surface area contributed by atoms with Crippen molar-refractivity contribution in [3.8, 4) is 0 Å². The fraction of sp³-hybridized carbons (Fsp3) is 1.00. The van der Waals surface area contributed by atoms with Crippen LogP contribution in [-0.4, -0.2) is 36.6 Å². The first-order valence-corrected chi connectivity index (χ1v) is 7.90. The molecule has 0 aromatic rings. The van der Waals surface area contributed by atoms with Crippen LogP contribution in [0.15, 0.2) is 0 Å². The molecule has 0 spiro atoms. The van der Waals surface area contributed by atoms with Crippen molar-refractivity contribution in [1.29, 1.82) is 0 Å². The lowest BCUT2D eigenvalue weighted by molar-refractivity contribution is 0.0547. The number of nitrogens with one attached hydrogen (secondary N) is 1. The van der Waals surface area contributed by atoms with Crippen LogP contribution in [0.5, 0.6) is 0 Å². The standard InChI is InChI=1S/C16H32N2/c1-6-16(4,5)11-18-10-14(13-7-8-13)17-9-15(18)12(2)3/h12-15,17H,6-11H2,1-5H3. The van der Waals surface area contributed by atoms with E-state index in [4.69, 9.17) is 0 Å². The predicted octanol–water partition coefficient (Wildman–Crippen LogP) is 3.13. The van der Waals surface area contributed by atoms with Gasteiger partial charge in [0.2, 0.25) is 0 Å². The summed E-state index contributed by atoms with van der Waals surface area (Å²) in [5, 5.41) is 3.80. The first kappa shape index (κ1) is 14.3. The summed E-state index contributed by atoms with van der Waals surface area (Å²) in [5.41, 5.74) is 0.457. The lowest BCUT2D eigenvalue weighted by Crippen LogP contribution is -2.60. The maximum Gasteiger partial charge on any atom is 0.0244 e. The first-order chi connectivity index (χ1) is 8.43. The highest BCUT2D eigenvalue weighted by Crippen LogP contribution is 2.35. The summed E-state index contributed by atoms with van der Waals surface area (Å²) in [6.45, 7) is 15.6. The predicted molar refractivity (Wildman–Crippen MR) is 78.8 cm³/mol. The number of rotatable bonds is 5. The van der Waals surface area contributed by atoms with Gasteiger partial charge in [0.1, 0.15) is 0 Å². The van der Waals surface area contributed by atoms with E-state index in [9.17, 15) is 0 Å². The molecule has 2 unspecified atom stereocenters. The highest BCUT2D eigenvalue weighted by molar-refractivity contribution is 4.96. The quantitative estimate of drug-likeness (QED) is 0.809. The smallest absolute Gasteiger partial charge is 0.0244 e. The van der Waals surface area contributed by atoms with Gasteiger partial charge in [-0.1, -0.05) is 34.6 Å². The molecular formula is C16H32N2. The molecule has 18 heavy (non-hydrogen) atoms. The van der Waals surface area contributed by atoms with E-state index < -0.39 is 0 Å². The van der Waals surface area contributed by atoms with Crippen molar-refractivity contribution in [3.63, 3.8) is 0 Å². The fourth-order valence-corrected chi connectivity index (χ4v) is 3.17. The molecule has 0 aromatic carbocycles. The zero-order valence-corrected chi connectivity index (χ0v) is 13.0. The summed E-state index contributed by atoms with van der Waals surface area (Å²) in [6, 6.07) is 1.50. The van der Waals surface area contributed by atoms with Gasteiger partial charge in [0.25, 0.3) is 0 Å². The molecule has 1 saturated heterocycles. The van der Waals surface area contributed by atoms with Crippen LogP contribution in [0, 0.1) is 17.3 Å². The van der Waals surface area contributed by atoms with Gasteiger partial charge >= 0.3 is 0 Å². The van der Waals surface area contributed by atoms with Crippen molar-refractivity contribution in [1.82, 2.24) is 10.2 Å². The van der Waals surface area contributed by atoms with Crippen LogP contribution in [0.4, 0.5) is 0 Å². The Labute approximate surface area is 114 Å². The second-order valence-corrected chi connectivity index (χ2v) is 7.61. The van der Waals surface area contributed by atoms with Crippen LogP contribution in [0.25, 0.3) is 0 Å². The lowest BCUT2D eigenvalue weighted by Gasteiger charge is -2.45. The largest absolute Gasteiger partial charge is 0.311 e. The fourth-order valence-electron chi connectivity index (χ4n) is 3.17. The average molecular weight is 252 g/mol. The van der Waals surface area contributed by atoms with Crippen molar-refractivity contribution < 1.29 is 0 Å². The van der Waals surface area contributed by atoms with Gasteiger partial charge in [-0.3, -0.25) is 4.90 Å². The van der Waals surface area contributed by atoms with Crippen LogP contribution < -0.4 is 5.32 Å². The summed E-state index contributed by atoms with van der Waals surface area (Å²) in [4.78, 5) is 2.79. The van der Waals surface area contributed by atoms with Gasteiger partial charge in [-0.05, 0) is 36.5 Å². The summed E-state index contributed by atoms with van der Waals surface area (Å²) >= 11 is 0. The molecule has 2 atom stereocenters. The summed E-state index contributed by atoms with van der Waals surface area (Å²) < 4.78 is 0. The van der Waals surface area contributed by atoms with Gasteiger partial charge in [0, 0.05) is 31.7 Å². The number of nitrogens with zero attached hydrogens (tertiary/aromatic N) is 1. The van der Waals surface area contributed by atoms with Crippen molar-refractivity contribution in [2.45, 2.75) is 66.0 Å². The van der Waals surface area contributed by atoms with Crippen LogP contribution in [0.2, 0.25) is 0 Å². The average Bonchev–Trinajstić information content (AvgIpc) is 3.12. The van der Waals surface area contributed by atoms with E-state index in [1.165, 1.54) is 38.9 Å². The molecule has 0 radical (unpaired) electrons. The van der Waals surface area contributed by atoms with Gasteiger partial charge in [0.15, 0.2) is 0 Å². The number of piperazine rings is 1. The van der Waals surface area contributed by atoms with Gasteiger partial charge < -0.3 is 5.32 Å². The maximum atomic E-state index is 3.80. The van der Waals surface area contributed by atoms with E-state index >= 15 is 0 Å². The molecule has 1 N–H and O–H groups in total. The maximum absolute atomic E-state index is 3.80. The van der Waals surface area contributed by atoms with Crippen molar-refractivity contribution in [3.05, 3.63) is 0 Å². The van der Waals surface area contributed by atoms with Gasteiger partial charge in [-0.25, -0.2) is 0 Å². The van der Waals surface area contributed by atoms with Crippen molar-refractivity contribution in [2.75, 3.05) is 19.6 Å². The van der Waals surface area contributed by atoms with Gasteiger partial charge in [-0.15, -0.1) is 0 Å². The third kappa shape index (κ3) is 3.48. The number of hydrogen-bond acceptors (Lipinski definition) is 2. The first-order valence-electron chi connectivity index (χ1n) is 7.90. The normalized spacial score (nSPS) is 31.0. The Morgan fingerprint density at radius 1 is 1.28 bits per heavy atom. The Bertz CT molecular complexity index is 268. The van der Waals surface area contributed by atoms with E-state index in [1.54, 1.807) is 0 Å².